The largest absolute Gasteiger partial charge is 0.374 e. The highest BCUT2D eigenvalue weighted by Gasteiger charge is 2.19. The highest BCUT2D eigenvalue weighted by molar-refractivity contribution is 5.83. The fraction of sp³-hybridized carbons (Fsp3) is 0.750. The van der Waals surface area contributed by atoms with Crippen molar-refractivity contribution in [1.29, 1.82) is 0 Å². The summed E-state index contributed by atoms with van der Waals surface area (Å²) < 4.78 is 0. The van der Waals surface area contributed by atoms with E-state index in [9.17, 15) is 5.11 Å². The molecule has 0 spiro atoms. The lowest BCUT2D eigenvalue weighted by molar-refractivity contribution is 0.0766. The maximum atomic E-state index is 9.49. The number of amidine groups is 1. The van der Waals surface area contributed by atoms with Crippen LogP contribution in [0.1, 0.15) is 39.5 Å². The first-order valence-corrected chi connectivity index (χ1v) is 5.88. The van der Waals surface area contributed by atoms with E-state index in [4.69, 9.17) is 0 Å². The smallest absolute Gasteiger partial charge is 0.125 e. The van der Waals surface area contributed by atoms with Crippen molar-refractivity contribution in [2.24, 2.45) is 4.99 Å². The highest BCUT2D eigenvalue weighted by Crippen LogP contribution is 2.11. The van der Waals surface area contributed by atoms with E-state index in [1.807, 2.05) is 4.90 Å². The molecule has 0 fully saturated rings. The Labute approximate surface area is 92.5 Å². The summed E-state index contributed by atoms with van der Waals surface area (Å²) in [6.45, 7) is 5.66. The van der Waals surface area contributed by atoms with Crippen LogP contribution in [0.2, 0.25) is 0 Å². The second kappa shape index (κ2) is 6.62. The monoisotopic (exact) mass is 210 g/mol. The normalized spacial score (nSPS) is 18.6. The predicted molar refractivity (Wildman–Crippen MR) is 64.0 cm³/mol. The molecule has 1 N–H and O–H groups in total. The van der Waals surface area contributed by atoms with Crippen LogP contribution >= 0.6 is 0 Å². The average Bonchev–Trinajstić information content (AvgIpc) is 2.66. The zero-order chi connectivity index (χ0) is 11.1. The average molecular weight is 210 g/mol. The third-order valence-corrected chi connectivity index (χ3v) is 2.59. The summed E-state index contributed by atoms with van der Waals surface area (Å²) in [6, 6.07) is 0. The Morgan fingerprint density at radius 2 is 2.33 bits per heavy atom. The van der Waals surface area contributed by atoms with Gasteiger partial charge in [-0.3, -0.25) is 4.99 Å². The van der Waals surface area contributed by atoms with Gasteiger partial charge in [-0.1, -0.05) is 19.1 Å². The topological polar surface area (TPSA) is 35.8 Å². The SMILES string of the molecule is CC/C=C/CCCC1=NCCN1C(C)O. The van der Waals surface area contributed by atoms with Gasteiger partial charge in [0.1, 0.15) is 12.1 Å². The molecule has 0 amide bonds. The van der Waals surface area contributed by atoms with Crippen LogP contribution in [0, 0.1) is 0 Å². The third kappa shape index (κ3) is 4.04. The summed E-state index contributed by atoms with van der Waals surface area (Å²) in [7, 11) is 0. The van der Waals surface area contributed by atoms with Gasteiger partial charge in [0.15, 0.2) is 0 Å². The predicted octanol–water partition coefficient (Wildman–Crippen LogP) is 2.18. The van der Waals surface area contributed by atoms with Crippen molar-refractivity contribution in [3.05, 3.63) is 12.2 Å². The van der Waals surface area contributed by atoms with Crippen LogP contribution < -0.4 is 0 Å². The van der Waals surface area contributed by atoms with Crippen molar-refractivity contribution >= 4 is 5.84 Å². The lowest BCUT2D eigenvalue weighted by atomic mass is 10.2. The number of aliphatic hydroxyl groups is 1. The van der Waals surface area contributed by atoms with E-state index in [1.165, 1.54) is 0 Å². The minimum Gasteiger partial charge on any atom is -0.374 e. The molecule has 3 heteroatoms. The Balaban J connectivity index is 2.23. The van der Waals surface area contributed by atoms with E-state index in [-0.39, 0.29) is 0 Å². The van der Waals surface area contributed by atoms with Crippen LogP contribution in [0.4, 0.5) is 0 Å². The molecule has 1 heterocycles. The number of aliphatic hydroxyl groups excluding tert-OH is 1. The van der Waals surface area contributed by atoms with Crippen LogP contribution in [0.25, 0.3) is 0 Å². The Bertz CT molecular complexity index is 234. The first-order chi connectivity index (χ1) is 7.25. The Kier molecular flexibility index (Phi) is 5.40. The van der Waals surface area contributed by atoms with Crippen molar-refractivity contribution in [3.8, 4) is 0 Å². The van der Waals surface area contributed by atoms with E-state index in [2.05, 4.69) is 24.1 Å². The molecular formula is C12H22N2O. The Hall–Kier alpha value is -0.830. The molecule has 1 rings (SSSR count). The zero-order valence-corrected chi connectivity index (χ0v) is 9.82. The van der Waals surface area contributed by atoms with Crippen LogP contribution in [0.15, 0.2) is 17.1 Å². The molecule has 15 heavy (non-hydrogen) atoms. The Morgan fingerprint density at radius 1 is 1.53 bits per heavy atom. The first-order valence-electron chi connectivity index (χ1n) is 5.88. The van der Waals surface area contributed by atoms with Crippen molar-refractivity contribution in [3.63, 3.8) is 0 Å². The standard InChI is InChI=1S/C12H22N2O/c1-3-4-5-6-7-8-12-13-9-10-14(12)11(2)15/h4-5,11,15H,3,6-10H2,1-2H3/b5-4+. The quantitative estimate of drug-likeness (QED) is 0.539. The number of nitrogens with zero attached hydrogens (tertiary/aromatic N) is 2. The first kappa shape index (κ1) is 12.2. The molecule has 0 bridgehead atoms. The molecule has 0 radical (unpaired) electrons. The summed E-state index contributed by atoms with van der Waals surface area (Å²) in [5, 5.41) is 9.49. The third-order valence-electron chi connectivity index (χ3n) is 2.59. The van der Waals surface area contributed by atoms with Gasteiger partial charge in [0.05, 0.1) is 6.54 Å². The minimum absolute atomic E-state index is 0.391. The minimum atomic E-state index is -0.391. The molecule has 0 saturated carbocycles. The van der Waals surface area contributed by atoms with Gasteiger partial charge in [-0.2, -0.15) is 0 Å². The van der Waals surface area contributed by atoms with Gasteiger partial charge >= 0.3 is 0 Å². The van der Waals surface area contributed by atoms with Gasteiger partial charge in [0.25, 0.3) is 0 Å². The van der Waals surface area contributed by atoms with Crippen molar-refractivity contribution in [2.45, 2.75) is 45.8 Å². The van der Waals surface area contributed by atoms with Crippen LogP contribution in [-0.2, 0) is 0 Å². The molecule has 0 aromatic carbocycles. The van der Waals surface area contributed by atoms with E-state index < -0.39 is 6.23 Å². The van der Waals surface area contributed by atoms with Gasteiger partial charge in [0, 0.05) is 13.0 Å². The van der Waals surface area contributed by atoms with Gasteiger partial charge < -0.3 is 10.0 Å². The number of hydrogen-bond acceptors (Lipinski definition) is 3. The van der Waals surface area contributed by atoms with E-state index in [0.29, 0.717) is 0 Å². The van der Waals surface area contributed by atoms with E-state index in [0.717, 1.165) is 44.6 Å². The van der Waals surface area contributed by atoms with Gasteiger partial charge in [-0.05, 0) is 26.2 Å². The van der Waals surface area contributed by atoms with Crippen LogP contribution in [0.5, 0.6) is 0 Å². The lowest BCUT2D eigenvalue weighted by Crippen LogP contribution is -2.35. The summed E-state index contributed by atoms with van der Waals surface area (Å²) in [5.41, 5.74) is 0. The molecule has 1 aliphatic heterocycles. The van der Waals surface area contributed by atoms with Crippen molar-refractivity contribution < 1.29 is 5.11 Å². The zero-order valence-electron chi connectivity index (χ0n) is 9.82. The van der Waals surface area contributed by atoms with Gasteiger partial charge in [-0.25, -0.2) is 0 Å². The molecule has 0 aromatic rings. The maximum Gasteiger partial charge on any atom is 0.125 e. The summed E-state index contributed by atoms with van der Waals surface area (Å²) in [6.07, 6.45) is 8.36. The molecule has 1 atom stereocenters. The molecular weight excluding hydrogens is 188 g/mol. The molecule has 0 aliphatic carbocycles. The number of aliphatic imine (C=N–C) groups is 1. The van der Waals surface area contributed by atoms with Gasteiger partial charge in [0.2, 0.25) is 0 Å². The molecule has 0 saturated heterocycles. The second-order valence-corrected chi connectivity index (χ2v) is 3.90. The van der Waals surface area contributed by atoms with Crippen molar-refractivity contribution in [2.75, 3.05) is 13.1 Å². The molecule has 1 aliphatic rings. The fourth-order valence-electron chi connectivity index (χ4n) is 1.79. The van der Waals surface area contributed by atoms with Crippen LogP contribution in [-0.4, -0.2) is 35.2 Å². The summed E-state index contributed by atoms with van der Waals surface area (Å²) >= 11 is 0. The summed E-state index contributed by atoms with van der Waals surface area (Å²) in [5.74, 6) is 1.08. The molecule has 1 unspecified atom stereocenters. The van der Waals surface area contributed by atoms with Crippen molar-refractivity contribution in [1.82, 2.24) is 4.90 Å². The number of allylic oxidation sites excluding steroid dienone is 2. The molecule has 3 nitrogen and oxygen atoms in total. The maximum absolute atomic E-state index is 9.49. The van der Waals surface area contributed by atoms with E-state index >= 15 is 0 Å². The molecule has 86 valence electrons. The van der Waals surface area contributed by atoms with Gasteiger partial charge in [-0.15, -0.1) is 0 Å². The second-order valence-electron chi connectivity index (χ2n) is 3.90. The molecule has 0 aromatic heterocycles. The Morgan fingerprint density at radius 3 is 3.00 bits per heavy atom. The number of rotatable bonds is 6. The fourth-order valence-corrected chi connectivity index (χ4v) is 1.79. The van der Waals surface area contributed by atoms with E-state index in [1.54, 1.807) is 6.92 Å². The summed E-state index contributed by atoms with van der Waals surface area (Å²) in [4.78, 5) is 6.40. The number of hydrogen-bond donors (Lipinski definition) is 1. The lowest BCUT2D eigenvalue weighted by Gasteiger charge is -2.23. The highest BCUT2D eigenvalue weighted by atomic mass is 16.3. The number of unbranched alkanes of at least 4 members (excludes halogenated alkanes) is 1. The van der Waals surface area contributed by atoms with Crippen LogP contribution in [0.3, 0.4) is 0 Å².